The van der Waals surface area contributed by atoms with Gasteiger partial charge in [0.15, 0.2) is 0 Å². The number of nitrogens with one attached hydrogen (secondary N) is 2. The van der Waals surface area contributed by atoms with Crippen LogP contribution in [0.3, 0.4) is 0 Å². The number of hydrogen-bond acceptors (Lipinski definition) is 6. The number of fused-ring (bicyclic) bond motifs is 1. The van der Waals surface area contributed by atoms with Gasteiger partial charge in [0, 0.05) is 47.9 Å². The second kappa shape index (κ2) is 8.16. The number of anilines is 1. The van der Waals surface area contributed by atoms with Gasteiger partial charge in [-0.1, -0.05) is 6.42 Å². The molecule has 1 aromatic carbocycles. The highest BCUT2D eigenvalue weighted by atomic mass is 19.4. The summed E-state index contributed by atoms with van der Waals surface area (Å²) < 4.78 is 38.8. The van der Waals surface area contributed by atoms with Gasteiger partial charge in [-0.2, -0.15) is 13.2 Å². The summed E-state index contributed by atoms with van der Waals surface area (Å²) >= 11 is 0. The minimum absolute atomic E-state index is 0.250. The molecule has 0 radical (unpaired) electrons. The fourth-order valence-corrected chi connectivity index (χ4v) is 3.95. The zero-order valence-corrected chi connectivity index (χ0v) is 16.6. The first-order valence-corrected chi connectivity index (χ1v) is 9.89. The number of rotatable bonds is 3. The third-order valence-electron chi connectivity index (χ3n) is 5.47. The lowest BCUT2D eigenvalue weighted by molar-refractivity contribution is -0.137. The highest BCUT2D eigenvalue weighted by Gasteiger charge is 2.32. The third kappa shape index (κ3) is 4.22. The number of halogens is 3. The number of hydrazine groups is 2. The van der Waals surface area contributed by atoms with Crippen molar-refractivity contribution in [3.05, 3.63) is 59.5 Å². The number of aromatic hydroxyl groups is 1. The van der Waals surface area contributed by atoms with Gasteiger partial charge in [-0.15, -0.1) is 0 Å². The second-order valence-corrected chi connectivity index (χ2v) is 7.73. The molecule has 1 atom stereocenters. The van der Waals surface area contributed by atoms with Crippen molar-refractivity contribution in [2.75, 3.05) is 25.3 Å². The zero-order valence-electron chi connectivity index (χ0n) is 16.6. The zero-order chi connectivity index (χ0) is 21.3. The number of pyridine rings is 1. The van der Waals surface area contributed by atoms with Crippen molar-refractivity contribution in [3.8, 4) is 5.75 Å². The van der Waals surface area contributed by atoms with Gasteiger partial charge in [-0.3, -0.25) is 10.4 Å². The van der Waals surface area contributed by atoms with Crippen molar-refractivity contribution < 1.29 is 18.3 Å². The predicted octanol–water partition coefficient (Wildman–Crippen LogP) is 3.51. The van der Waals surface area contributed by atoms with Crippen molar-refractivity contribution in [2.24, 2.45) is 0 Å². The van der Waals surface area contributed by atoms with Crippen LogP contribution < -0.4 is 16.0 Å². The lowest BCUT2D eigenvalue weighted by Crippen LogP contribution is -2.54. The van der Waals surface area contributed by atoms with E-state index < -0.39 is 17.5 Å². The van der Waals surface area contributed by atoms with Crippen LogP contribution in [0.15, 0.2) is 42.9 Å². The lowest BCUT2D eigenvalue weighted by atomic mass is 9.96. The van der Waals surface area contributed by atoms with E-state index in [9.17, 15) is 18.3 Å². The lowest BCUT2D eigenvalue weighted by Gasteiger charge is -2.35. The smallest absolute Gasteiger partial charge is 0.416 e. The summed E-state index contributed by atoms with van der Waals surface area (Å²) in [5.74, 6) is -0.431. The number of alkyl halides is 3. The van der Waals surface area contributed by atoms with E-state index >= 15 is 0 Å². The minimum atomic E-state index is -4.51. The van der Waals surface area contributed by atoms with Crippen LogP contribution in [0.4, 0.5) is 18.9 Å². The second-order valence-electron chi connectivity index (χ2n) is 7.73. The van der Waals surface area contributed by atoms with Crippen LogP contribution in [0.5, 0.6) is 5.75 Å². The molecule has 0 bridgehead atoms. The number of aromatic nitrogens is 1. The molecule has 2 aromatic rings. The van der Waals surface area contributed by atoms with Crippen molar-refractivity contribution in [1.82, 2.24) is 20.7 Å². The highest BCUT2D eigenvalue weighted by molar-refractivity contribution is 5.89. The number of nitrogens with zero attached hydrogens (tertiary/aromatic N) is 3. The molecule has 1 aromatic heterocycles. The van der Waals surface area contributed by atoms with Gasteiger partial charge in [-0.25, -0.2) is 10.5 Å². The average molecular weight is 419 g/mol. The van der Waals surface area contributed by atoms with Crippen LogP contribution >= 0.6 is 0 Å². The molecule has 3 heterocycles. The SMILES string of the molecule is CN1CCCCC(NN2NC=C(c3ccc(C(F)(F)F)cc3O)c3cnccc32)C1. The number of phenols is 1. The molecular formula is C21H24F3N5O. The van der Waals surface area contributed by atoms with Crippen LogP contribution in [-0.4, -0.2) is 41.2 Å². The van der Waals surface area contributed by atoms with E-state index in [4.69, 9.17) is 0 Å². The largest absolute Gasteiger partial charge is 0.507 e. The number of likely N-dealkylation sites (N-methyl/N-ethyl adjacent to an activating group) is 1. The monoisotopic (exact) mass is 419 g/mol. The minimum Gasteiger partial charge on any atom is -0.507 e. The third-order valence-corrected chi connectivity index (χ3v) is 5.47. The molecule has 3 N–H and O–H groups in total. The Bertz CT molecular complexity index is 946. The Balaban J connectivity index is 1.62. The molecule has 9 heteroatoms. The van der Waals surface area contributed by atoms with Gasteiger partial charge >= 0.3 is 6.18 Å². The van der Waals surface area contributed by atoms with E-state index in [1.165, 1.54) is 12.5 Å². The molecule has 1 saturated heterocycles. The molecule has 30 heavy (non-hydrogen) atoms. The van der Waals surface area contributed by atoms with E-state index in [1.54, 1.807) is 18.6 Å². The first kappa shape index (κ1) is 20.5. The van der Waals surface area contributed by atoms with Gasteiger partial charge in [0.2, 0.25) is 0 Å². The summed E-state index contributed by atoms with van der Waals surface area (Å²) in [6, 6.07) is 5.08. The summed E-state index contributed by atoms with van der Waals surface area (Å²) in [6.07, 6.45) is 3.80. The van der Waals surface area contributed by atoms with Crippen molar-refractivity contribution >= 4 is 11.3 Å². The summed E-state index contributed by atoms with van der Waals surface area (Å²) in [4.78, 5) is 6.47. The van der Waals surface area contributed by atoms with Crippen molar-refractivity contribution in [1.29, 1.82) is 0 Å². The Morgan fingerprint density at radius 2 is 2.03 bits per heavy atom. The van der Waals surface area contributed by atoms with Crippen LogP contribution in [0, 0.1) is 0 Å². The fourth-order valence-electron chi connectivity index (χ4n) is 3.95. The number of benzene rings is 1. The van der Waals surface area contributed by atoms with E-state index in [0.29, 0.717) is 16.7 Å². The van der Waals surface area contributed by atoms with Gasteiger partial charge < -0.3 is 10.0 Å². The fraction of sp³-hybridized carbons (Fsp3) is 0.381. The topological polar surface area (TPSA) is 63.7 Å². The molecule has 1 fully saturated rings. The molecular weight excluding hydrogens is 395 g/mol. The first-order valence-electron chi connectivity index (χ1n) is 9.89. The molecule has 0 amide bonds. The van der Waals surface area contributed by atoms with E-state index in [-0.39, 0.29) is 6.04 Å². The van der Waals surface area contributed by atoms with E-state index in [0.717, 1.165) is 43.8 Å². The summed E-state index contributed by atoms with van der Waals surface area (Å²) in [7, 11) is 2.10. The molecule has 0 aliphatic carbocycles. The Kier molecular flexibility index (Phi) is 5.57. The van der Waals surface area contributed by atoms with Gasteiger partial charge in [-0.05, 0) is 50.7 Å². The van der Waals surface area contributed by atoms with Crippen LogP contribution in [0.1, 0.15) is 36.0 Å². The van der Waals surface area contributed by atoms with Crippen LogP contribution in [-0.2, 0) is 6.18 Å². The Labute approximate surface area is 173 Å². The maximum atomic E-state index is 12.9. The Hall–Kier alpha value is -2.78. The molecule has 6 nitrogen and oxygen atoms in total. The Morgan fingerprint density at radius 1 is 1.20 bits per heavy atom. The number of likely N-dealkylation sites (tertiary alicyclic amines) is 1. The first-order chi connectivity index (χ1) is 14.3. The van der Waals surface area contributed by atoms with Gasteiger partial charge in [0.25, 0.3) is 0 Å². The molecule has 4 rings (SSSR count). The quantitative estimate of drug-likeness (QED) is 0.708. The van der Waals surface area contributed by atoms with Gasteiger partial charge in [0.05, 0.1) is 11.3 Å². The molecule has 1 unspecified atom stereocenters. The molecule has 160 valence electrons. The Morgan fingerprint density at radius 3 is 2.80 bits per heavy atom. The van der Waals surface area contributed by atoms with Crippen molar-refractivity contribution in [3.63, 3.8) is 0 Å². The average Bonchev–Trinajstić information content (AvgIpc) is 2.91. The molecule has 2 aliphatic heterocycles. The molecule has 0 spiro atoms. The number of hydrogen-bond donors (Lipinski definition) is 3. The number of phenolic OH excluding ortho intramolecular Hbond substituents is 1. The summed E-state index contributed by atoms with van der Waals surface area (Å²) in [6.45, 7) is 1.98. The normalized spacial score (nSPS) is 20.2. The maximum absolute atomic E-state index is 12.9. The summed E-state index contributed by atoms with van der Waals surface area (Å²) in [5, 5.41) is 12.1. The van der Waals surface area contributed by atoms with Crippen LogP contribution in [0.25, 0.3) is 5.57 Å². The van der Waals surface area contributed by atoms with E-state index in [2.05, 4.69) is 27.8 Å². The predicted molar refractivity (Wildman–Crippen MR) is 108 cm³/mol. The highest BCUT2D eigenvalue weighted by Crippen LogP contribution is 2.39. The van der Waals surface area contributed by atoms with E-state index in [1.807, 2.05) is 11.2 Å². The maximum Gasteiger partial charge on any atom is 0.416 e. The standard InChI is InChI=1S/C21H24F3N5O/c1-28-9-3-2-4-15(13-28)27-29-19-7-8-25-11-18(19)17(12-26-29)16-6-5-14(10-20(16)30)21(22,23)24/h5-8,10-12,15,26-27,30H,2-4,9,13H2,1H3. The molecule has 2 aliphatic rings. The van der Waals surface area contributed by atoms with Crippen molar-refractivity contribution in [2.45, 2.75) is 31.5 Å². The van der Waals surface area contributed by atoms with Crippen LogP contribution in [0.2, 0.25) is 0 Å². The summed E-state index contributed by atoms with van der Waals surface area (Å²) in [5.41, 5.74) is 8.14. The van der Waals surface area contributed by atoms with Gasteiger partial charge in [0.1, 0.15) is 5.75 Å². The molecule has 0 saturated carbocycles.